The van der Waals surface area contributed by atoms with Gasteiger partial charge >= 0.3 is 0 Å². The molecule has 1 N–H and O–H groups in total. The highest BCUT2D eigenvalue weighted by Crippen LogP contribution is 2.39. The Bertz CT molecular complexity index is 883. The van der Waals surface area contributed by atoms with Crippen LogP contribution in [-0.2, 0) is 9.53 Å². The number of carbonyl (C=O) groups is 2. The average Bonchev–Trinajstić information content (AvgIpc) is 3.31. The van der Waals surface area contributed by atoms with E-state index < -0.39 is 23.5 Å². The lowest BCUT2D eigenvalue weighted by molar-refractivity contribution is -0.130. The summed E-state index contributed by atoms with van der Waals surface area (Å²) in [6, 6.07) is 9.47. The summed E-state index contributed by atoms with van der Waals surface area (Å²) in [7, 11) is 0. The minimum atomic E-state index is -0.744. The number of benzene rings is 1. The summed E-state index contributed by atoms with van der Waals surface area (Å²) >= 11 is 0. The summed E-state index contributed by atoms with van der Waals surface area (Å²) in [5, 5.41) is 10.5. The number of ether oxygens (including phenoxy) is 2. The second-order valence-electron chi connectivity index (χ2n) is 6.89. The number of rotatable bonds is 9. The highest BCUT2D eigenvalue weighted by Gasteiger charge is 2.44. The van der Waals surface area contributed by atoms with Crippen LogP contribution < -0.4 is 4.74 Å². The molecule has 1 aromatic heterocycles. The summed E-state index contributed by atoms with van der Waals surface area (Å²) in [5.41, 5.74) is 0.684. The molecule has 0 bridgehead atoms. The molecule has 0 radical (unpaired) electrons. The van der Waals surface area contributed by atoms with Crippen molar-refractivity contribution >= 4 is 11.7 Å². The molecule has 0 saturated heterocycles. The van der Waals surface area contributed by atoms with Crippen LogP contribution in [0.25, 0.3) is 0 Å². The van der Waals surface area contributed by atoms with Gasteiger partial charge in [0.25, 0.3) is 5.91 Å². The molecule has 1 aromatic carbocycles. The second kappa shape index (κ2) is 8.96. The third-order valence-electron chi connectivity index (χ3n) is 4.58. The van der Waals surface area contributed by atoms with Crippen LogP contribution in [-0.4, -0.2) is 47.6 Å². The monoisotopic (exact) mass is 399 g/mol. The van der Waals surface area contributed by atoms with Crippen molar-refractivity contribution in [1.29, 1.82) is 0 Å². The Morgan fingerprint density at radius 1 is 1.24 bits per heavy atom. The maximum Gasteiger partial charge on any atom is 0.290 e. The molecule has 1 unspecified atom stereocenters. The van der Waals surface area contributed by atoms with E-state index in [0.29, 0.717) is 17.9 Å². The molecule has 0 saturated carbocycles. The maximum atomic E-state index is 13.0. The Hall–Kier alpha value is -3.06. The molecule has 1 atom stereocenters. The van der Waals surface area contributed by atoms with Crippen LogP contribution >= 0.6 is 0 Å². The molecule has 0 aliphatic carbocycles. The fourth-order valence-corrected chi connectivity index (χ4v) is 3.30. The van der Waals surface area contributed by atoms with E-state index in [4.69, 9.17) is 13.9 Å². The van der Waals surface area contributed by atoms with E-state index in [9.17, 15) is 14.7 Å². The van der Waals surface area contributed by atoms with Crippen molar-refractivity contribution in [2.24, 2.45) is 0 Å². The van der Waals surface area contributed by atoms with Gasteiger partial charge in [0.05, 0.1) is 37.2 Å². The summed E-state index contributed by atoms with van der Waals surface area (Å²) in [4.78, 5) is 27.2. The number of carbonyl (C=O) groups excluding carboxylic acids is 2. The largest absolute Gasteiger partial charge is 0.503 e. The first-order valence-corrected chi connectivity index (χ1v) is 9.60. The lowest BCUT2D eigenvalue weighted by Crippen LogP contribution is -2.34. The van der Waals surface area contributed by atoms with Crippen molar-refractivity contribution in [3.63, 3.8) is 0 Å². The van der Waals surface area contributed by atoms with Gasteiger partial charge < -0.3 is 23.9 Å². The molecular formula is C22H25NO6. The van der Waals surface area contributed by atoms with Crippen LogP contribution in [0.1, 0.15) is 42.9 Å². The number of aliphatic hydroxyl groups excluding tert-OH is 1. The zero-order valence-corrected chi connectivity index (χ0v) is 16.8. The predicted octanol–water partition coefficient (Wildman–Crippen LogP) is 3.68. The van der Waals surface area contributed by atoms with Crippen LogP contribution in [0.3, 0.4) is 0 Å². The molecule has 7 nitrogen and oxygen atoms in total. The standard InChI is InChI=1S/C22H25NO6/c1-4-27-16-9-7-15(8-10-16)19-18(20(24)17-6-5-12-29-17)21(25)22(26)23(19)11-13-28-14(2)3/h5-10,12,14,19,25H,4,11,13H2,1-3H3. The predicted molar refractivity (Wildman–Crippen MR) is 106 cm³/mol. The van der Waals surface area contributed by atoms with Gasteiger partial charge in [0.1, 0.15) is 5.75 Å². The summed E-state index contributed by atoms with van der Waals surface area (Å²) in [6.45, 7) is 6.73. The van der Waals surface area contributed by atoms with E-state index in [-0.39, 0.29) is 30.6 Å². The number of Topliss-reactive ketones (excluding diaryl/α,β-unsaturated/α-hetero) is 1. The fraction of sp³-hybridized carbons (Fsp3) is 0.364. The molecule has 2 heterocycles. The highest BCUT2D eigenvalue weighted by molar-refractivity contribution is 6.15. The van der Waals surface area contributed by atoms with Gasteiger partial charge in [-0.1, -0.05) is 12.1 Å². The summed E-state index contributed by atoms with van der Waals surface area (Å²) in [5.74, 6) is -0.939. The average molecular weight is 399 g/mol. The first-order valence-electron chi connectivity index (χ1n) is 9.60. The fourth-order valence-electron chi connectivity index (χ4n) is 3.30. The Morgan fingerprint density at radius 3 is 2.55 bits per heavy atom. The Morgan fingerprint density at radius 2 is 1.97 bits per heavy atom. The van der Waals surface area contributed by atoms with Crippen molar-refractivity contribution in [3.8, 4) is 5.75 Å². The van der Waals surface area contributed by atoms with Crippen molar-refractivity contribution in [3.05, 3.63) is 65.3 Å². The van der Waals surface area contributed by atoms with Gasteiger partial charge in [-0.05, 0) is 50.6 Å². The third kappa shape index (κ3) is 4.35. The number of ketones is 1. The van der Waals surface area contributed by atoms with Crippen molar-refractivity contribution in [1.82, 2.24) is 4.90 Å². The second-order valence-corrected chi connectivity index (χ2v) is 6.89. The molecular weight excluding hydrogens is 374 g/mol. The Labute approximate surface area is 169 Å². The topological polar surface area (TPSA) is 89.2 Å². The molecule has 2 aromatic rings. The SMILES string of the molecule is CCOc1ccc(C2C(C(=O)c3ccco3)=C(O)C(=O)N2CCOC(C)C)cc1. The zero-order valence-electron chi connectivity index (χ0n) is 16.8. The third-order valence-corrected chi connectivity index (χ3v) is 4.58. The van der Waals surface area contributed by atoms with Crippen LogP contribution in [0.5, 0.6) is 5.75 Å². The quantitative estimate of drug-likeness (QED) is 0.647. The first kappa shape index (κ1) is 20.7. The van der Waals surface area contributed by atoms with E-state index in [1.165, 1.54) is 17.2 Å². The molecule has 1 aliphatic rings. The molecule has 7 heteroatoms. The molecule has 3 rings (SSSR count). The van der Waals surface area contributed by atoms with Crippen LogP contribution in [0.4, 0.5) is 0 Å². The van der Waals surface area contributed by atoms with Gasteiger partial charge in [0.2, 0.25) is 5.78 Å². The van der Waals surface area contributed by atoms with Crippen molar-refractivity contribution in [2.75, 3.05) is 19.8 Å². The maximum absolute atomic E-state index is 13.0. The van der Waals surface area contributed by atoms with Gasteiger partial charge in [-0.2, -0.15) is 0 Å². The Kier molecular flexibility index (Phi) is 6.39. The van der Waals surface area contributed by atoms with E-state index in [1.54, 1.807) is 30.3 Å². The van der Waals surface area contributed by atoms with E-state index in [2.05, 4.69) is 0 Å². The first-order chi connectivity index (χ1) is 13.9. The minimum absolute atomic E-state index is 0.00124. The molecule has 0 fully saturated rings. The summed E-state index contributed by atoms with van der Waals surface area (Å²) in [6.07, 6.45) is 1.38. The Balaban J connectivity index is 1.97. The number of furan rings is 1. The molecule has 29 heavy (non-hydrogen) atoms. The zero-order chi connectivity index (χ0) is 21.0. The van der Waals surface area contributed by atoms with Crippen LogP contribution in [0, 0.1) is 0 Å². The lowest BCUT2D eigenvalue weighted by Gasteiger charge is -2.27. The van der Waals surface area contributed by atoms with Crippen molar-refractivity contribution in [2.45, 2.75) is 32.9 Å². The van der Waals surface area contributed by atoms with Gasteiger partial charge in [-0.3, -0.25) is 9.59 Å². The number of nitrogens with zero attached hydrogens (tertiary/aromatic N) is 1. The van der Waals surface area contributed by atoms with Gasteiger partial charge in [-0.15, -0.1) is 0 Å². The highest BCUT2D eigenvalue weighted by atomic mass is 16.5. The number of hydrogen-bond donors (Lipinski definition) is 1. The molecule has 1 amide bonds. The van der Waals surface area contributed by atoms with Gasteiger partial charge in [0, 0.05) is 6.54 Å². The molecule has 154 valence electrons. The smallest absolute Gasteiger partial charge is 0.290 e. The number of hydrogen-bond acceptors (Lipinski definition) is 6. The van der Waals surface area contributed by atoms with Crippen molar-refractivity contribution < 1.29 is 28.6 Å². The van der Waals surface area contributed by atoms with Gasteiger partial charge in [-0.25, -0.2) is 0 Å². The van der Waals surface area contributed by atoms with E-state index in [1.807, 2.05) is 20.8 Å². The lowest BCUT2D eigenvalue weighted by atomic mass is 9.95. The molecule has 0 spiro atoms. The van der Waals surface area contributed by atoms with Crippen LogP contribution in [0.15, 0.2) is 58.4 Å². The minimum Gasteiger partial charge on any atom is -0.503 e. The normalized spacial score (nSPS) is 16.8. The van der Waals surface area contributed by atoms with E-state index >= 15 is 0 Å². The molecule has 1 aliphatic heterocycles. The van der Waals surface area contributed by atoms with E-state index in [0.717, 1.165) is 0 Å². The number of aliphatic hydroxyl groups is 1. The summed E-state index contributed by atoms with van der Waals surface area (Å²) < 4.78 is 16.3. The van der Waals surface area contributed by atoms with Crippen LogP contribution in [0.2, 0.25) is 0 Å². The number of amides is 1. The van der Waals surface area contributed by atoms with Gasteiger partial charge in [0.15, 0.2) is 11.5 Å².